The summed E-state index contributed by atoms with van der Waals surface area (Å²) in [6.45, 7) is 4.66. The number of anilines is 1. The van der Waals surface area contributed by atoms with Crippen LogP contribution < -0.4 is 10.1 Å². The van der Waals surface area contributed by atoms with Crippen LogP contribution >= 0.6 is 0 Å². The monoisotopic (exact) mass is 338 g/mol. The molecule has 5 nitrogen and oxygen atoms in total. The van der Waals surface area contributed by atoms with Gasteiger partial charge in [0.25, 0.3) is 11.8 Å². The van der Waals surface area contributed by atoms with Crippen molar-refractivity contribution < 1.29 is 14.3 Å². The summed E-state index contributed by atoms with van der Waals surface area (Å²) in [5.41, 5.74) is 2.26. The Kier molecular flexibility index (Phi) is 5.03. The summed E-state index contributed by atoms with van der Waals surface area (Å²) < 4.78 is 5.43. The number of amides is 2. The SMILES string of the molecule is CCC(C)N(Cc1ccccc1)C(=O)c1ccc2c(c1)OCC(=O)N2. The Hall–Kier alpha value is -2.82. The van der Waals surface area contributed by atoms with Gasteiger partial charge in [0.1, 0.15) is 5.75 Å². The third-order valence-electron chi connectivity index (χ3n) is 4.44. The van der Waals surface area contributed by atoms with Crippen molar-refractivity contribution in [2.75, 3.05) is 11.9 Å². The molecule has 0 fully saturated rings. The molecule has 0 aromatic heterocycles. The van der Waals surface area contributed by atoms with Crippen LogP contribution in [0.3, 0.4) is 0 Å². The Bertz CT molecular complexity index is 774. The molecule has 2 aromatic rings. The van der Waals surface area contributed by atoms with Crippen LogP contribution in [0.1, 0.15) is 36.2 Å². The minimum absolute atomic E-state index is 0.0241. The molecule has 1 aliphatic rings. The lowest BCUT2D eigenvalue weighted by molar-refractivity contribution is -0.118. The largest absolute Gasteiger partial charge is 0.482 e. The Labute approximate surface area is 147 Å². The molecule has 1 heterocycles. The van der Waals surface area contributed by atoms with Gasteiger partial charge in [-0.05, 0) is 37.1 Å². The molecule has 2 aromatic carbocycles. The van der Waals surface area contributed by atoms with Crippen LogP contribution in [0.25, 0.3) is 0 Å². The molecule has 0 bridgehead atoms. The summed E-state index contributed by atoms with van der Waals surface area (Å²) in [5.74, 6) is 0.313. The first-order chi connectivity index (χ1) is 12.1. The van der Waals surface area contributed by atoms with Crippen LogP contribution in [-0.2, 0) is 11.3 Å². The van der Waals surface area contributed by atoms with Gasteiger partial charge in [-0.1, -0.05) is 37.3 Å². The molecule has 0 radical (unpaired) electrons. The van der Waals surface area contributed by atoms with Gasteiger partial charge >= 0.3 is 0 Å². The number of ether oxygens (including phenoxy) is 1. The number of hydrogen-bond acceptors (Lipinski definition) is 3. The van der Waals surface area contributed by atoms with E-state index in [0.29, 0.717) is 23.5 Å². The number of hydrogen-bond donors (Lipinski definition) is 1. The Morgan fingerprint density at radius 3 is 2.72 bits per heavy atom. The second kappa shape index (κ2) is 7.38. The Morgan fingerprint density at radius 2 is 2.00 bits per heavy atom. The van der Waals surface area contributed by atoms with Gasteiger partial charge in [0.2, 0.25) is 0 Å². The molecule has 1 aliphatic heterocycles. The van der Waals surface area contributed by atoms with E-state index in [1.54, 1.807) is 18.2 Å². The normalized spacial score (nSPS) is 14.1. The fraction of sp³-hybridized carbons (Fsp3) is 0.300. The molecular formula is C20H22N2O3. The van der Waals surface area contributed by atoms with Crippen LogP contribution in [-0.4, -0.2) is 29.4 Å². The fourth-order valence-corrected chi connectivity index (χ4v) is 2.80. The summed E-state index contributed by atoms with van der Waals surface area (Å²) in [6.07, 6.45) is 0.871. The van der Waals surface area contributed by atoms with Crippen molar-refractivity contribution in [3.05, 3.63) is 59.7 Å². The van der Waals surface area contributed by atoms with Crippen molar-refractivity contribution in [3.63, 3.8) is 0 Å². The molecule has 1 atom stereocenters. The lowest BCUT2D eigenvalue weighted by Gasteiger charge is -2.29. The molecule has 0 saturated carbocycles. The maximum absolute atomic E-state index is 13.1. The van der Waals surface area contributed by atoms with Crippen LogP contribution in [0.5, 0.6) is 5.75 Å². The van der Waals surface area contributed by atoms with Crippen LogP contribution in [0.15, 0.2) is 48.5 Å². The van der Waals surface area contributed by atoms with Crippen molar-refractivity contribution in [1.82, 2.24) is 4.90 Å². The summed E-state index contributed by atoms with van der Waals surface area (Å²) in [4.78, 5) is 26.3. The molecule has 25 heavy (non-hydrogen) atoms. The lowest BCUT2D eigenvalue weighted by Crippen LogP contribution is -2.38. The van der Waals surface area contributed by atoms with Crippen LogP contribution in [0.2, 0.25) is 0 Å². The van der Waals surface area contributed by atoms with Gasteiger partial charge in [0.05, 0.1) is 5.69 Å². The zero-order valence-electron chi connectivity index (χ0n) is 14.5. The third kappa shape index (κ3) is 3.82. The highest BCUT2D eigenvalue weighted by molar-refractivity contribution is 5.99. The van der Waals surface area contributed by atoms with E-state index in [1.165, 1.54) is 0 Å². The van der Waals surface area contributed by atoms with E-state index in [4.69, 9.17) is 4.74 Å². The molecule has 0 aliphatic carbocycles. The number of benzene rings is 2. The average Bonchev–Trinajstić information content (AvgIpc) is 2.65. The quantitative estimate of drug-likeness (QED) is 0.908. The zero-order chi connectivity index (χ0) is 17.8. The molecule has 130 valence electrons. The highest BCUT2D eigenvalue weighted by Gasteiger charge is 2.23. The molecule has 0 spiro atoms. The van der Waals surface area contributed by atoms with E-state index >= 15 is 0 Å². The highest BCUT2D eigenvalue weighted by Crippen LogP contribution is 2.29. The smallest absolute Gasteiger partial charge is 0.262 e. The van der Waals surface area contributed by atoms with E-state index in [0.717, 1.165) is 12.0 Å². The fourth-order valence-electron chi connectivity index (χ4n) is 2.80. The highest BCUT2D eigenvalue weighted by atomic mass is 16.5. The van der Waals surface area contributed by atoms with Crippen molar-refractivity contribution in [2.24, 2.45) is 0 Å². The second-order valence-corrected chi connectivity index (χ2v) is 6.22. The zero-order valence-corrected chi connectivity index (χ0v) is 14.5. The second-order valence-electron chi connectivity index (χ2n) is 6.22. The number of nitrogens with one attached hydrogen (secondary N) is 1. The number of carbonyl (C=O) groups is 2. The van der Waals surface area contributed by atoms with E-state index < -0.39 is 0 Å². The van der Waals surface area contributed by atoms with Crippen LogP contribution in [0.4, 0.5) is 5.69 Å². The van der Waals surface area contributed by atoms with E-state index in [-0.39, 0.29) is 24.5 Å². The van der Waals surface area contributed by atoms with Crippen molar-refractivity contribution in [2.45, 2.75) is 32.9 Å². The molecular weight excluding hydrogens is 316 g/mol. The van der Waals surface area contributed by atoms with Gasteiger partial charge in [-0.25, -0.2) is 0 Å². The van der Waals surface area contributed by atoms with Gasteiger partial charge in [-0.15, -0.1) is 0 Å². The maximum atomic E-state index is 13.1. The first kappa shape index (κ1) is 17.0. The summed E-state index contributed by atoms with van der Waals surface area (Å²) in [6, 6.07) is 15.2. The Balaban J connectivity index is 1.86. The predicted octanol–water partition coefficient (Wildman–Crippen LogP) is 3.46. The number of carbonyl (C=O) groups excluding carboxylic acids is 2. The Morgan fingerprint density at radius 1 is 1.24 bits per heavy atom. The molecule has 2 amide bonds. The van der Waals surface area contributed by atoms with Crippen molar-refractivity contribution in [3.8, 4) is 5.75 Å². The number of rotatable bonds is 5. The molecule has 0 saturated heterocycles. The standard InChI is InChI=1S/C20H22N2O3/c1-3-14(2)22(12-15-7-5-4-6-8-15)20(24)16-9-10-17-18(11-16)25-13-19(23)21-17/h4-11,14H,3,12-13H2,1-2H3,(H,21,23). The van der Waals surface area contributed by atoms with Crippen molar-refractivity contribution in [1.29, 1.82) is 0 Å². The topological polar surface area (TPSA) is 58.6 Å². The summed E-state index contributed by atoms with van der Waals surface area (Å²) >= 11 is 0. The molecule has 1 unspecified atom stereocenters. The minimum atomic E-state index is -0.183. The average molecular weight is 338 g/mol. The first-order valence-corrected chi connectivity index (χ1v) is 8.50. The first-order valence-electron chi connectivity index (χ1n) is 8.50. The summed E-state index contributed by atoms with van der Waals surface area (Å²) in [7, 11) is 0. The summed E-state index contributed by atoms with van der Waals surface area (Å²) in [5, 5.41) is 2.74. The van der Waals surface area contributed by atoms with Crippen LogP contribution in [0, 0.1) is 0 Å². The van der Waals surface area contributed by atoms with Gasteiger partial charge in [-0.3, -0.25) is 9.59 Å². The van der Waals surface area contributed by atoms with Gasteiger partial charge < -0.3 is 15.0 Å². The van der Waals surface area contributed by atoms with Gasteiger partial charge in [-0.2, -0.15) is 0 Å². The number of fused-ring (bicyclic) bond motifs is 1. The lowest BCUT2D eigenvalue weighted by atomic mass is 10.1. The maximum Gasteiger partial charge on any atom is 0.262 e. The molecule has 5 heteroatoms. The van der Waals surface area contributed by atoms with E-state index in [2.05, 4.69) is 19.2 Å². The van der Waals surface area contributed by atoms with Gasteiger partial charge in [0.15, 0.2) is 6.61 Å². The minimum Gasteiger partial charge on any atom is -0.482 e. The van der Waals surface area contributed by atoms with Gasteiger partial charge in [0, 0.05) is 18.2 Å². The molecule has 1 N–H and O–H groups in total. The van der Waals surface area contributed by atoms with Crippen molar-refractivity contribution >= 4 is 17.5 Å². The van der Waals surface area contributed by atoms with E-state index in [1.807, 2.05) is 35.2 Å². The molecule has 3 rings (SSSR count). The van der Waals surface area contributed by atoms with E-state index in [9.17, 15) is 9.59 Å². The number of nitrogens with zero attached hydrogens (tertiary/aromatic N) is 1. The predicted molar refractivity (Wildman–Crippen MR) is 96.6 cm³/mol. The third-order valence-corrected chi connectivity index (χ3v) is 4.44.